The molecule has 0 radical (unpaired) electrons. The summed E-state index contributed by atoms with van der Waals surface area (Å²) in [5.41, 5.74) is 0.416. The van der Waals surface area contributed by atoms with Gasteiger partial charge in [0, 0.05) is 39.3 Å². The average molecular weight is 301 g/mol. The van der Waals surface area contributed by atoms with Crippen LogP contribution in [0.5, 0.6) is 0 Å². The van der Waals surface area contributed by atoms with Gasteiger partial charge >= 0.3 is 0 Å². The molecule has 5 nitrogen and oxygen atoms in total. The Bertz CT molecular complexity index is 536. The van der Waals surface area contributed by atoms with Gasteiger partial charge in [-0.15, -0.1) is 0 Å². The van der Waals surface area contributed by atoms with Crippen LogP contribution in [0, 0.1) is 12.7 Å². The molecule has 1 fully saturated rings. The van der Waals surface area contributed by atoms with E-state index in [9.17, 15) is 12.8 Å². The van der Waals surface area contributed by atoms with Crippen molar-refractivity contribution in [3.8, 4) is 0 Å². The number of hydrogen-bond donors (Lipinski definition) is 2. The second-order valence-electron chi connectivity index (χ2n) is 4.88. The van der Waals surface area contributed by atoms with Gasteiger partial charge in [0.15, 0.2) is 0 Å². The topological polar surface area (TPSA) is 61.4 Å². The van der Waals surface area contributed by atoms with E-state index in [4.69, 9.17) is 0 Å². The minimum atomic E-state index is -3.79. The monoisotopic (exact) mass is 301 g/mol. The zero-order chi connectivity index (χ0) is 14.6. The molecule has 0 unspecified atom stereocenters. The molecule has 1 aliphatic heterocycles. The Morgan fingerprint density at radius 2 is 2.05 bits per heavy atom. The molecule has 1 aliphatic rings. The number of sulfonamides is 1. The van der Waals surface area contributed by atoms with Crippen molar-refractivity contribution in [3.05, 3.63) is 29.6 Å². The number of aryl methyl sites for hydroxylation is 1. The van der Waals surface area contributed by atoms with Crippen molar-refractivity contribution < 1.29 is 12.8 Å². The lowest BCUT2D eigenvalue weighted by molar-refractivity contribution is 0.245. The first-order valence-corrected chi connectivity index (χ1v) is 8.17. The van der Waals surface area contributed by atoms with Crippen LogP contribution >= 0.6 is 0 Å². The summed E-state index contributed by atoms with van der Waals surface area (Å²) < 4.78 is 40.4. The molecule has 2 N–H and O–H groups in total. The minimum absolute atomic E-state index is 0.250. The maximum absolute atomic E-state index is 13.7. The largest absolute Gasteiger partial charge is 0.314 e. The molecule has 0 saturated carbocycles. The van der Waals surface area contributed by atoms with Gasteiger partial charge < -0.3 is 5.32 Å². The molecule has 7 heteroatoms. The standard InChI is InChI=1S/C13H20FN3O2S/c1-11-3-2-4-12(14)13(11)20(18,19)16-7-10-17-8-5-15-6-9-17/h2-4,15-16H,5-10H2,1H3. The molecule has 1 aromatic rings. The van der Waals surface area contributed by atoms with E-state index in [1.54, 1.807) is 13.0 Å². The van der Waals surface area contributed by atoms with E-state index >= 15 is 0 Å². The Kier molecular flexibility index (Phi) is 5.09. The summed E-state index contributed by atoms with van der Waals surface area (Å²) in [4.78, 5) is 1.92. The summed E-state index contributed by atoms with van der Waals surface area (Å²) in [6, 6.07) is 4.26. The molecular weight excluding hydrogens is 281 g/mol. The van der Waals surface area contributed by atoms with Gasteiger partial charge in [0.25, 0.3) is 0 Å². The molecule has 2 rings (SSSR count). The third kappa shape index (κ3) is 3.76. The number of rotatable bonds is 5. The quantitative estimate of drug-likeness (QED) is 0.822. The maximum Gasteiger partial charge on any atom is 0.243 e. The van der Waals surface area contributed by atoms with Gasteiger partial charge in [-0.05, 0) is 18.6 Å². The van der Waals surface area contributed by atoms with Crippen LogP contribution in [0.1, 0.15) is 5.56 Å². The second kappa shape index (κ2) is 6.62. The SMILES string of the molecule is Cc1cccc(F)c1S(=O)(=O)NCCN1CCNCC1. The molecule has 1 heterocycles. The molecule has 112 valence electrons. The van der Waals surface area contributed by atoms with E-state index in [2.05, 4.69) is 14.9 Å². The lowest BCUT2D eigenvalue weighted by Gasteiger charge is -2.27. The van der Waals surface area contributed by atoms with Crippen LogP contribution in [-0.4, -0.2) is 52.6 Å². The summed E-state index contributed by atoms with van der Waals surface area (Å²) in [5.74, 6) is -0.709. The smallest absolute Gasteiger partial charge is 0.243 e. The highest BCUT2D eigenvalue weighted by Gasteiger charge is 2.21. The zero-order valence-corrected chi connectivity index (χ0v) is 12.3. The van der Waals surface area contributed by atoms with E-state index in [-0.39, 0.29) is 11.4 Å². The fourth-order valence-corrected chi connectivity index (χ4v) is 3.62. The van der Waals surface area contributed by atoms with Crippen molar-refractivity contribution in [2.24, 2.45) is 0 Å². The van der Waals surface area contributed by atoms with Crippen LogP contribution in [0.2, 0.25) is 0 Å². The number of nitrogens with one attached hydrogen (secondary N) is 2. The molecule has 0 aliphatic carbocycles. The predicted octanol–water partition coefficient (Wildman–Crippen LogP) is 0.318. The molecule has 0 atom stereocenters. The van der Waals surface area contributed by atoms with E-state index in [0.717, 1.165) is 32.2 Å². The van der Waals surface area contributed by atoms with Gasteiger partial charge in [0.2, 0.25) is 10.0 Å². The van der Waals surface area contributed by atoms with Gasteiger partial charge in [0.1, 0.15) is 10.7 Å². The molecule has 0 amide bonds. The molecule has 0 aromatic heterocycles. The zero-order valence-electron chi connectivity index (χ0n) is 11.5. The normalized spacial score (nSPS) is 17.3. The number of halogens is 1. The Labute approximate surface area is 119 Å². The van der Waals surface area contributed by atoms with E-state index in [1.807, 2.05) is 0 Å². The van der Waals surface area contributed by atoms with Crippen LogP contribution in [0.15, 0.2) is 23.1 Å². The van der Waals surface area contributed by atoms with Gasteiger partial charge in [-0.3, -0.25) is 4.90 Å². The minimum Gasteiger partial charge on any atom is -0.314 e. The molecule has 1 aromatic carbocycles. The summed E-state index contributed by atoms with van der Waals surface area (Å²) in [6.07, 6.45) is 0. The molecule has 1 saturated heterocycles. The van der Waals surface area contributed by atoms with Gasteiger partial charge in [-0.2, -0.15) is 0 Å². The third-order valence-corrected chi connectivity index (χ3v) is 5.00. The molecular formula is C13H20FN3O2S. The van der Waals surface area contributed by atoms with E-state index in [0.29, 0.717) is 12.1 Å². The second-order valence-corrected chi connectivity index (χ2v) is 6.58. The third-order valence-electron chi connectivity index (χ3n) is 3.36. The Morgan fingerprint density at radius 3 is 2.70 bits per heavy atom. The molecule has 0 bridgehead atoms. The number of piperazine rings is 1. The highest BCUT2D eigenvalue weighted by atomic mass is 32.2. The van der Waals surface area contributed by atoms with Gasteiger partial charge in [-0.1, -0.05) is 12.1 Å². The van der Waals surface area contributed by atoms with Gasteiger partial charge in [-0.25, -0.2) is 17.5 Å². The summed E-state index contributed by atoms with van der Waals surface area (Å²) in [5, 5.41) is 3.23. The fraction of sp³-hybridized carbons (Fsp3) is 0.538. The lowest BCUT2D eigenvalue weighted by atomic mass is 10.2. The Morgan fingerprint density at radius 1 is 1.35 bits per heavy atom. The lowest BCUT2D eigenvalue weighted by Crippen LogP contribution is -2.46. The van der Waals surface area contributed by atoms with Crippen LogP contribution in [0.25, 0.3) is 0 Å². The predicted molar refractivity (Wildman–Crippen MR) is 75.6 cm³/mol. The summed E-state index contributed by atoms with van der Waals surface area (Å²) in [7, 11) is -3.79. The van der Waals surface area contributed by atoms with Crippen molar-refractivity contribution >= 4 is 10.0 Å². The van der Waals surface area contributed by atoms with Crippen LogP contribution < -0.4 is 10.0 Å². The van der Waals surface area contributed by atoms with E-state index < -0.39 is 15.8 Å². The van der Waals surface area contributed by atoms with Crippen molar-refractivity contribution in [2.45, 2.75) is 11.8 Å². The van der Waals surface area contributed by atoms with Crippen LogP contribution in [-0.2, 0) is 10.0 Å². The van der Waals surface area contributed by atoms with Crippen LogP contribution in [0.4, 0.5) is 4.39 Å². The Hall–Kier alpha value is -1.02. The van der Waals surface area contributed by atoms with Crippen molar-refractivity contribution in [2.75, 3.05) is 39.3 Å². The maximum atomic E-state index is 13.7. The van der Waals surface area contributed by atoms with Gasteiger partial charge in [0.05, 0.1) is 0 Å². The van der Waals surface area contributed by atoms with Crippen molar-refractivity contribution in [1.82, 2.24) is 14.9 Å². The first-order chi connectivity index (χ1) is 9.50. The first-order valence-electron chi connectivity index (χ1n) is 6.68. The fourth-order valence-electron chi connectivity index (χ4n) is 2.30. The first kappa shape index (κ1) is 15.4. The highest BCUT2D eigenvalue weighted by molar-refractivity contribution is 7.89. The Balaban J connectivity index is 1.97. The van der Waals surface area contributed by atoms with Crippen molar-refractivity contribution in [1.29, 1.82) is 0 Å². The number of benzene rings is 1. The number of nitrogens with zero attached hydrogens (tertiary/aromatic N) is 1. The summed E-state index contributed by atoms with van der Waals surface area (Å²) >= 11 is 0. The van der Waals surface area contributed by atoms with E-state index in [1.165, 1.54) is 6.07 Å². The van der Waals surface area contributed by atoms with Crippen molar-refractivity contribution in [3.63, 3.8) is 0 Å². The average Bonchev–Trinajstić information content (AvgIpc) is 2.39. The van der Waals surface area contributed by atoms with Crippen LogP contribution in [0.3, 0.4) is 0 Å². The molecule has 20 heavy (non-hydrogen) atoms. The summed E-state index contributed by atoms with van der Waals surface area (Å²) in [6.45, 7) is 6.15. The number of hydrogen-bond acceptors (Lipinski definition) is 4. The molecule has 0 spiro atoms. The highest BCUT2D eigenvalue weighted by Crippen LogP contribution is 2.18.